The van der Waals surface area contributed by atoms with E-state index in [9.17, 15) is 18.0 Å². The Bertz CT molecular complexity index is 525. The van der Waals surface area contributed by atoms with E-state index in [0.717, 1.165) is 12.0 Å². The Morgan fingerprint density at radius 1 is 1.32 bits per heavy atom. The highest BCUT2D eigenvalue weighted by Gasteiger charge is 2.34. The van der Waals surface area contributed by atoms with E-state index in [2.05, 4.69) is 15.9 Å². The first-order valence-electron chi connectivity index (χ1n) is 5.67. The van der Waals surface area contributed by atoms with Crippen LogP contribution in [-0.2, 0) is 0 Å². The highest BCUT2D eigenvalue weighted by Crippen LogP contribution is 2.32. The number of aldehydes is 1. The summed E-state index contributed by atoms with van der Waals surface area (Å²) >= 11 is 3.26. The predicted molar refractivity (Wildman–Crippen MR) is 70.5 cm³/mol. The number of carbonyl (C=O) groups excluding carboxylic acids is 1. The minimum Gasteiger partial charge on any atom is -0.367 e. The Morgan fingerprint density at radius 2 is 2.05 bits per heavy atom. The number of anilines is 1. The van der Waals surface area contributed by atoms with Crippen molar-refractivity contribution in [1.29, 1.82) is 0 Å². The normalized spacial score (nSPS) is 16.2. The standard InChI is InChI=1S/C13H11BrF3NO/c14-12-7-11(2-1-9(12)8-19)18-5-3-10(4-6-18)13(15,16)17/h1-3,7-8H,4-6H2. The van der Waals surface area contributed by atoms with Crippen LogP contribution >= 0.6 is 15.9 Å². The molecule has 1 aliphatic heterocycles. The van der Waals surface area contributed by atoms with Crippen molar-refractivity contribution >= 4 is 27.9 Å². The van der Waals surface area contributed by atoms with Crippen molar-refractivity contribution in [3.8, 4) is 0 Å². The van der Waals surface area contributed by atoms with Crippen molar-refractivity contribution in [3.63, 3.8) is 0 Å². The summed E-state index contributed by atoms with van der Waals surface area (Å²) < 4.78 is 38.1. The second-order valence-corrected chi connectivity index (χ2v) is 5.10. The lowest BCUT2D eigenvalue weighted by atomic mass is 10.1. The Morgan fingerprint density at radius 3 is 2.53 bits per heavy atom. The lowest BCUT2D eigenvalue weighted by Crippen LogP contribution is -2.31. The molecule has 1 aliphatic rings. The van der Waals surface area contributed by atoms with Crippen LogP contribution in [0.2, 0.25) is 0 Å². The molecule has 1 aromatic carbocycles. The Kier molecular flexibility index (Phi) is 3.99. The van der Waals surface area contributed by atoms with Gasteiger partial charge in [-0.05, 0) is 40.5 Å². The van der Waals surface area contributed by atoms with Crippen LogP contribution in [0.15, 0.2) is 34.3 Å². The molecule has 0 N–H and O–H groups in total. The summed E-state index contributed by atoms with van der Waals surface area (Å²) in [5, 5.41) is 0. The van der Waals surface area contributed by atoms with Gasteiger partial charge >= 0.3 is 6.18 Å². The number of rotatable bonds is 2. The van der Waals surface area contributed by atoms with Gasteiger partial charge in [-0.3, -0.25) is 4.79 Å². The zero-order valence-corrected chi connectivity index (χ0v) is 11.5. The largest absolute Gasteiger partial charge is 0.412 e. The summed E-state index contributed by atoms with van der Waals surface area (Å²) in [5.74, 6) is 0. The molecule has 0 fully saturated rings. The van der Waals surface area contributed by atoms with E-state index in [1.807, 2.05) is 4.90 Å². The van der Waals surface area contributed by atoms with E-state index >= 15 is 0 Å². The molecule has 2 rings (SSSR count). The number of benzene rings is 1. The number of nitrogens with zero attached hydrogens (tertiary/aromatic N) is 1. The van der Waals surface area contributed by atoms with E-state index < -0.39 is 11.7 Å². The predicted octanol–water partition coefficient (Wildman–Crippen LogP) is 3.96. The summed E-state index contributed by atoms with van der Waals surface area (Å²) in [6, 6.07) is 5.13. The van der Waals surface area contributed by atoms with Crippen LogP contribution in [0, 0.1) is 0 Å². The van der Waals surface area contributed by atoms with Crippen molar-refractivity contribution in [2.45, 2.75) is 12.6 Å². The zero-order chi connectivity index (χ0) is 14.0. The maximum absolute atomic E-state index is 12.5. The number of hydrogen-bond acceptors (Lipinski definition) is 2. The fourth-order valence-corrected chi connectivity index (χ4v) is 2.43. The lowest BCUT2D eigenvalue weighted by molar-refractivity contribution is -0.0944. The second-order valence-electron chi connectivity index (χ2n) is 4.25. The zero-order valence-electron chi connectivity index (χ0n) is 9.88. The molecule has 0 spiro atoms. The van der Waals surface area contributed by atoms with Crippen LogP contribution in [0.4, 0.5) is 18.9 Å². The van der Waals surface area contributed by atoms with Gasteiger partial charge < -0.3 is 4.90 Å². The molecule has 2 nitrogen and oxygen atoms in total. The number of hydrogen-bond donors (Lipinski definition) is 0. The average molecular weight is 334 g/mol. The minimum atomic E-state index is -4.23. The first kappa shape index (κ1) is 14.1. The maximum Gasteiger partial charge on any atom is 0.412 e. The molecule has 6 heteroatoms. The summed E-state index contributed by atoms with van der Waals surface area (Å²) in [6.07, 6.45) is -2.30. The fraction of sp³-hybridized carbons (Fsp3) is 0.308. The van der Waals surface area contributed by atoms with Crippen LogP contribution < -0.4 is 4.90 Å². The molecule has 0 radical (unpaired) electrons. The van der Waals surface area contributed by atoms with Crippen molar-refractivity contribution < 1.29 is 18.0 Å². The third kappa shape index (κ3) is 3.18. The number of carbonyl (C=O) groups is 1. The average Bonchev–Trinajstić information content (AvgIpc) is 2.38. The van der Waals surface area contributed by atoms with Crippen molar-refractivity contribution in [2.75, 3.05) is 18.0 Å². The highest BCUT2D eigenvalue weighted by atomic mass is 79.9. The first-order chi connectivity index (χ1) is 8.91. The Balaban J connectivity index is 2.16. The van der Waals surface area contributed by atoms with Gasteiger partial charge in [-0.15, -0.1) is 0 Å². The fourth-order valence-electron chi connectivity index (χ4n) is 1.97. The number of alkyl halides is 3. The molecule has 1 heterocycles. The van der Waals surface area contributed by atoms with Gasteiger partial charge in [0, 0.05) is 34.4 Å². The Labute approximate surface area is 117 Å². The van der Waals surface area contributed by atoms with Crippen LogP contribution in [0.25, 0.3) is 0 Å². The molecule has 0 saturated carbocycles. The van der Waals surface area contributed by atoms with E-state index in [4.69, 9.17) is 0 Å². The molecule has 0 saturated heterocycles. The molecule has 1 aromatic rings. The van der Waals surface area contributed by atoms with Crippen molar-refractivity contribution in [2.24, 2.45) is 0 Å². The van der Waals surface area contributed by atoms with Gasteiger partial charge in [0.1, 0.15) is 0 Å². The van der Waals surface area contributed by atoms with E-state index in [-0.39, 0.29) is 13.0 Å². The molecule has 19 heavy (non-hydrogen) atoms. The summed E-state index contributed by atoms with van der Waals surface area (Å²) in [6.45, 7) is 0.542. The monoisotopic (exact) mass is 333 g/mol. The molecule has 0 bridgehead atoms. The van der Waals surface area contributed by atoms with Crippen molar-refractivity contribution in [1.82, 2.24) is 0 Å². The van der Waals surface area contributed by atoms with E-state index in [1.54, 1.807) is 18.2 Å². The molecule has 0 atom stereocenters. The van der Waals surface area contributed by atoms with Crippen LogP contribution in [0.1, 0.15) is 16.8 Å². The van der Waals surface area contributed by atoms with Gasteiger partial charge in [-0.25, -0.2) is 0 Å². The molecule has 0 amide bonds. The third-order valence-corrected chi connectivity index (χ3v) is 3.74. The summed E-state index contributed by atoms with van der Waals surface area (Å²) in [5.41, 5.74) is 0.856. The van der Waals surface area contributed by atoms with Gasteiger partial charge in [-0.2, -0.15) is 13.2 Å². The quantitative estimate of drug-likeness (QED) is 0.603. The summed E-state index contributed by atoms with van der Waals surface area (Å²) in [7, 11) is 0. The molecular weight excluding hydrogens is 323 g/mol. The van der Waals surface area contributed by atoms with Crippen LogP contribution in [-0.4, -0.2) is 25.6 Å². The molecule has 102 valence electrons. The number of halogens is 4. The molecule has 0 aromatic heterocycles. The van der Waals surface area contributed by atoms with Gasteiger partial charge in [0.15, 0.2) is 6.29 Å². The second kappa shape index (κ2) is 5.36. The first-order valence-corrected chi connectivity index (χ1v) is 6.47. The van der Waals surface area contributed by atoms with Gasteiger partial charge in [0.05, 0.1) is 0 Å². The molecular formula is C13H11BrF3NO. The lowest BCUT2D eigenvalue weighted by Gasteiger charge is -2.29. The van der Waals surface area contributed by atoms with Gasteiger partial charge in [0.2, 0.25) is 0 Å². The van der Waals surface area contributed by atoms with E-state index in [0.29, 0.717) is 16.6 Å². The molecule has 0 aliphatic carbocycles. The smallest absolute Gasteiger partial charge is 0.367 e. The Hall–Kier alpha value is -1.30. The van der Waals surface area contributed by atoms with Gasteiger partial charge in [-0.1, -0.05) is 6.08 Å². The summed E-state index contributed by atoms with van der Waals surface area (Å²) in [4.78, 5) is 12.5. The van der Waals surface area contributed by atoms with Gasteiger partial charge in [0.25, 0.3) is 0 Å². The van der Waals surface area contributed by atoms with Crippen LogP contribution in [0.5, 0.6) is 0 Å². The highest BCUT2D eigenvalue weighted by molar-refractivity contribution is 9.10. The SMILES string of the molecule is O=Cc1ccc(N2CC=C(C(F)(F)F)CC2)cc1Br. The topological polar surface area (TPSA) is 20.3 Å². The third-order valence-electron chi connectivity index (χ3n) is 3.05. The van der Waals surface area contributed by atoms with E-state index in [1.165, 1.54) is 6.08 Å². The van der Waals surface area contributed by atoms with Crippen molar-refractivity contribution in [3.05, 3.63) is 39.9 Å². The minimum absolute atomic E-state index is 0.0173. The maximum atomic E-state index is 12.5. The molecule has 0 unspecified atom stereocenters. The van der Waals surface area contributed by atoms with Crippen LogP contribution in [0.3, 0.4) is 0 Å².